The van der Waals surface area contributed by atoms with E-state index >= 15 is 0 Å². The van der Waals surface area contributed by atoms with E-state index in [9.17, 15) is 18.0 Å². The summed E-state index contributed by atoms with van der Waals surface area (Å²) in [6, 6.07) is 14.9. The third kappa shape index (κ3) is 6.56. The molecule has 0 bridgehead atoms. The van der Waals surface area contributed by atoms with Gasteiger partial charge in [-0.1, -0.05) is 24.3 Å². The van der Waals surface area contributed by atoms with Crippen LogP contribution in [0.3, 0.4) is 0 Å². The van der Waals surface area contributed by atoms with E-state index in [-0.39, 0.29) is 17.8 Å². The number of ether oxygens (including phenoxy) is 2. The Morgan fingerprint density at radius 3 is 2.63 bits per heavy atom. The van der Waals surface area contributed by atoms with Crippen LogP contribution in [0.25, 0.3) is 10.9 Å². The molecule has 5 rings (SSSR count). The summed E-state index contributed by atoms with van der Waals surface area (Å²) in [4.78, 5) is 17.6. The smallest absolute Gasteiger partial charge is 0.416 e. The number of hydrogen-bond acceptors (Lipinski definition) is 5. The predicted octanol–water partition coefficient (Wildman–Crippen LogP) is 3.91. The largest absolute Gasteiger partial charge is 0.482 e. The third-order valence-electron chi connectivity index (χ3n) is 6.34. The molecule has 38 heavy (non-hydrogen) atoms. The molecule has 6 nitrogen and oxygen atoms in total. The summed E-state index contributed by atoms with van der Waals surface area (Å²) >= 11 is 1.54. The average Bonchev–Trinajstić information content (AvgIpc) is 2.91. The van der Waals surface area contributed by atoms with Gasteiger partial charge in [-0.05, 0) is 23.3 Å². The van der Waals surface area contributed by atoms with Crippen LogP contribution in [0.4, 0.5) is 13.2 Å². The Morgan fingerprint density at radius 2 is 1.84 bits per heavy atom. The van der Waals surface area contributed by atoms with Gasteiger partial charge >= 0.3 is 6.18 Å². The van der Waals surface area contributed by atoms with Crippen molar-refractivity contribution < 1.29 is 36.9 Å². The van der Waals surface area contributed by atoms with Gasteiger partial charge in [0.1, 0.15) is 32.5 Å². The molecule has 10 heteroatoms. The third-order valence-corrected chi connectivity index (χ3v) is 7.49. The number of rotatable bonds is 8. The predicted molar refractivity (Wildman–Crippen MR) is 136 cm³/mol. The topological polar surface area (TPSA) is 67.2 Å². The summed E-state index contributed by atoms with van der Waals surface area (Å²) in [6.45, 7) is 4.03. The van der Waals surface area contributed by atoms with Crippen molar-refractivity contribution in [3.63, 3.8) is 0 Å². The lowest BCUT2D eigenvalue weighted by atomic mass is 10.1. The van der Waals surface area contributed by atoms with Gasteiger partial charge in [0.25, 0.3) is 0 Å². The van der Waals surface area contributed by atoms with Gasteiger partial charge in [-0.2, -0.15) is 13.2 Å². The molecule has 0 atom stereocenters. The zero-order chi connectivity index (χ0) is 26.5. The number of nitrogens with one attached hydrogen (secondary N) is 2. The Balaban J connectivity index is 1.20. The maximum absolute atomic E-state index is 13.1. The van der Waals surface area contributed by atoms with Crippen LogP contribution in [-0.4, -0.2) is 26.3 Å². The molecular weight excluding hydrogens is 517 g/mol. The molecule has 2 aromatic heterocycles. The van der Waals surface area contributed by atoms with Gasteiger partial charge in [-0.15, -0.1) is 11.8 Å². The van der Waals surface area contributed by atoms with Crippen LogP contribution in [0.2, 0.25) is 0 Å². The number of quaternary nitrogens is 1. The van der Waals surface area contributed by atoms with Crippen molar-refractivity contribution in [2.24, 2.45) is 0 Å². The van der Waals surface area contributed by atoms with E-state index in [2.05, 4.69) is 4.98 Å². The fraction of sp³-hybridized carbons (Fsp3) is 0.286. The van der Waals surface area contributed by atoms with Gasteiger partial charge in [0.15, 0.2) is 12.0 Å². The zero-order valence-electron chi connectivity index (χ0n) is 20.5. The van der Waals surface area contributed by atoms with Crippen LogP contribution in [0, 0.1) is 0 Å². The first-order chi connectivity index (χ1) is 18.3. The first-order valence-electron chi connectivity index (χ1n) is 12.2. The number of H-pyrrole nitrogens is 1. The molecule has 1 fully saturated rings. The highest BCUT2D eigenvalue weighted by molar-refractivity contribution is 7.98. The summed E-state index contributed by atoms with van der Waals surface area (Å²) in [7, 11) is 0. The van der Waals surface area contributed by atoms with Crippen molar-refractivity contribution >= 4 is 22.7 Å². The molecule has 1 aliphatic rings. The van der Waals surface area contributed by atoms with E-state index in [1.54, 1.807) is 18.0 Å². The minimum atomic E-state index is -4.39. The van der Waals surface area contributed by atoms with Crippen LogP contribution < -0.4 is 20.0 Å². The summed E-state index contributed by atoms with van der Waals surface area (Å²) in [5, 5.41) is 0.732. The normalized spacial score (nSPS) is 14.6. The second kappa shape index (κ2) is 11.6. The van der Waals surface area contributed by atoms with E-state index in [1.807, 2.05) is 30.3 Å². The van der Waals surface area contributed by atoms with E-state index < -0.39 is 11.7 Å². The number of aromatic amines is 1. The second-order valence-corrected chi connectivity index (χ2v) is 10.1. The summed E-state index contributed by atoms with van der Waals surface area (Å²) in [5.41, 5.74) is 1.46. The maximum atomic E-state index is 13.1. The molecule has 0 aliphatic carbocycles. The average molecular weight is 545 g/mol. The van der Waals surface area contributed by atoms with Crippen LogP contribution in [0.15, 0.2) is 81.2 Å². The van der Waals surface area contributed by atoms with E-state index in [1.165, 1.54) is 23.3 Å². The van der Waals surface area contributed by atoms with Gasteiger partial charge in [0, 0.05) is 28.8 Å². The first kappa shape index (κ1) is 26.3. The number of pyridine rings is 1. The Hall–Kier alpha value is -3.34. The highest BCUT2D eigenvalue weighted by atomic mass is 32.2. The van der Waals surface area contributed by atoms with E-state index in [0.717, 1.165) is 46.6 Å². The lowest BCUT2D eigenvalue weighted by Crippen LogP contribution is -3.12. The highest BCUT2D eigenvalue weighted by Crippen LogP contribution is 2.34. The second-order valence-electron chi connectivity index (χ2n) is 9.11. The fourth-order valence-corrected chi connectivity index (χ4v) is 5.33. The summed E-state index contributed by atoms with van der Waals surface area (Å²) in [6.07, 6.45) is -1.37. The minimum Gasteiger partial charge on any atom is -0.482 e. The molecule has 1 aliphatic heterocycles. The van der Waals surface area contributed by atoms with Crippen molar-refractivity contribution in [2.45, 2.75) is 30.0 Å². The standard InChI is InChI=1S/C28H25F3N2O4S/c29-28(30,31)21-4-5-23-24(13-21)32-7-6-27(23)38-18-20-3-1-2-19(12-20)16-37-26-17-36-22(14-25(26)34)15-33-8-10-35-11-9-33/h1-7,12-14,17H,8-11,15-16,18H2/p+2. The van der Waals surface area contributed by atoms with Gasteiger partial charge in [0.05, 0.1) is 24.2 Å². The van der Waals surface area contributed by atoms with Gasteiger partial charge in [0.2, 0.25) is 16.7 Å². The van der Waals surface area contributed by atoms with Crippen LogP contribution >= 0.6 is 11.8 Å². The number of fused-ring (bicyclic) bond motifs is 1. The Morgan fingerprint density at radius 1 is 1.03 bits per heavy atom. The zero-order valence-corrected chi connectivity index (χ0v) is 21.3. The molecule has 198 valence electrons. The number of alkyl halides is 3. The molecule has 1 saturated heterocycles. The van der Waals surface area contributed by atoms with Crippen molar-refractivity contribution in [3.05, 3.63) is 99.7 Å². The van der Waals surface area contributed by atoms with E-state index in [0.29, 0.717) is 36.8 Å². The number of morpholine rings is 1. The van der Waals surface area contributed by atoms with Crippen LogP contribution in [0.1, 0.15) is 22.5 Å². The molecular formula is C28H27F3N2O4S+2. The maximum Gasteiger partial charge on any atom is 0.416 e. The number of halogens is 3. The number of aromatic nitrogens is 1. The Labute approximate surface area is 221 Å². The van der Waals surface area contributed by atoms with Crippen molar-refractivity contribution in [1.29, 1.82) is 0 Å². The lowest BCUT2D eigenvalue weighted by Gasteiger charge is -2.22. The minimum absolute atomic E-state index is 0.163. The van der Waals surface area contributed by atoms with Crippen molar-refractivity contribution in [2.75, 3.05) is 26.3 Å². The number of benzene rings is 2. The van der Waals surface area contributed by atoms with Gasteiger partial charge in [-0.25, -0.2) is 4.98 Å². The van der Waals surface area contributed by atoms with Gasteiger partial charge < -0.3 is 18.8 Å². The molecule has 3 heterocycles. The fourth-order valence-electron chi connectivity index (χ4n) is 4.33. The number of thioether (sulfide) groups is 1. The van der Waals surface area contributed by atoms with E-state index in [4.69, 9.17) is 13.9 Å². The SMILES string of the molecule is O=c1cc(C[NH+]2CCOCC2)occ1OCc1cccc(CSc2cc[nH+]c3cc(C(F)(F)F)ccc23)c1. The van der Waals surface area contributed by atoms with Gasteiger partial charge in [-0.3, -0.25) is 4.79 Å². The molecule has 0 unspecified atom stereocenters. The lowest BCUT2D eigenvalue weighted by molar-refractivity contribution is -0.922. The highest BCUT2D eigenvalue weighted by Gasteiger charge is 2.31. The first-order valence-corrected chi connectivity index (χ1v) is 13.2. The molecule has 4 aromatic rings. The molecule has 0 spiro atoms. The van der Waals surface area contributed by atoms with Crippen LogP contribution in [0.5, 0.6) is 5.75 Å². The van der Waals surface area contributed by atoms with Crippen molar-refractivity contribution in [3.8, 4) is 5.75 Å². The summed E-state index contributed by atoms with van der Waals surface area (Å²) < 4.78 is 55.9. The van der Waals surface area contributed by atoms with Crippen LogP contribution in [-0.2, 0) is 29.8 Å². The number of hydrogen-bond donors (Lipinski definition) is 1. The van der Waals surface area contributed by atoms with Crippen molar-refractivity contribution in [1.82, 2.24) is 0 Å². The molecule has 2 aromatic carbocycles. The molecule has 0 saturated carbocycles. The molecule has 2 N–H and O–H groups in total. The molecule has 0 amide bonds. The Kier molecular flexibility index (Phi) is 8.01. The molecule has 0 radical (unpaired) electrons. The Bertz CT molecular complexity index is 1470. The quantitative estimate of drug-likeness (QED) is 0.341. The summed E-state index contributed by atoms with van der Waals surface area (Å²) in [5.74, 6) is 1.41. The monoisotopic (exact) mass is 544 g/mol.